The smallest absolute Gasteiger partial charge is 0.219 e. The molecule has 0 aliphatic heterocycles. The summed E-state index contributed by atoms with van der Waals surface area (Å²) >= 11 is 0. The van der Waals surface area contributed by atoms with Gasteiger partial charge in [-0.2, -0.15) is 0 Å². The van der Waals surface area contributed by atoms with Gasteiger partial charge in [0.1, 0.15) is 5.75 Å². The Morgan fingerprint density at radius 1 is 1.10 bits per heavy atom. The van der Waals surface area contributed by atoms with Gasteiger partial charge in [0.25, 0.3) is 0 Å². The summed E-state index contributed by atoms with van der Waals surface area (Å²) in [6, 6.07) is 12.0. The van der Waals surface area contributed by atoms with Gasteiger partial charge in [0.15, 0.2) is 0 Å². The fourth-order valence-corrected chi connectivity index (χ4v) is 1.95. The lowest BCUT2D eigenvalue weighted by Gasteiger charge is -2.20. The Balaban J connectivity index is 2.02. The molecule has 0 aliphatic rings. The van der Waals surface area contributed by atoms with Crippen molar-refractivity contribution < 1.29 is 4.74 Å². The molecule has 0 saturated carbocycles. The van der Waals surface area contributed by atoms with E-state index in [2.05, 4.69) is 50.1 Å². The fraction of sp³-hybridized carbons (Fsp3) is 0.389. The lowest BCUT2D eigenvalue weighted by Crippen LogP contribution is -2.35. The van der Waals surface area contributed by atoms with Gasteiger partial charge in [0.05, 0.1) is 0 Å². The Morgan fingerprint density at radius 3 is 2.48 bits per heavy atom. The molecule has 0 aliphatic carbocycles. The van der Waals surface area contributed by atoms with Gasteiger partial charge in [0, 0.05) is 24.3 Å². The molecule has 0 radical (unpaired) electrons. The molecule has 112 valence electrons. The number of nitrogens with one attached hydrogen (secondary N) is 1. The molecule has 0 bridgehead atoms. The van der Waals surface area contributed by atoms with Crippen LogP contribution in [0.4, 0.5) is 0 Å². The number of aryl methyl sites for hydroxylation is 1. The third kappa shape index (κ3) is 4.87. The summed E-state index contributed by atoms with van der Waals surface area (Å²) in [5, 5.41) is 3.44. The van der Waals surface area contributed by atoms with Gasteiger partial charge in [-0.15, -0.1) is 0 Å². The Bertz CT molecular complexity index is 571. The van der Waals surface area contributed by atoms with Crippen LogP contribution in [-0.2, 0) is 13.0 Å². The molecule has 0 atom stereocenters. The van der Waals surface area contributed by atoms with Crippen molar-refractivity contribution >= 4 is 0 Å². The van der Waals surface area contributed by atoms with Crippen molar-refractivity contribution in [2.75, 3.05) is 0 Å². The van der Waals surface area contributed by atoms with Crippen molar-refractivity contribution in [1.82, 2.24) is 10.3 Å². The van der Waals surface area contributed by atoms with Gasteiger partial charge in [0.2, 0.25) is 5.88 Å². The average molecular weight is 284 g/mol. The normalized spacial score (nSPS) is 11.4. The Labute approximate surface area is 127 Å². The minimum atomic E-state index is 0.106. The van der Waals surface area contributed by atoms with Crippen molar-refractivity contribution in [2.24, 2.45) is 0 Å². The first-order chi connectivity index (χ1) is 9.98. The number of pyridine rings is 1. The minimum Gasteiger partial charge on any atom is -0.439 e. The first kappa shape index (κ1) is 15.5. The van der Waals surface area contributed by atoms with Gasteiger partial charge in [-0.3, -0.25) is 0 Å². The highest BCUT2D eigenvalue weighted by atomic mass is 16.5. The molecule has 0 amide bonds. The van der Waals surface area contributed by atoms with Crippen molar-refractivity contribution in [3.05, 3.63) is 53.7 Å². The second-order valence-corrected chi connectivity index (χ2v) is 6.17. The van der Waals surface area contributed by atoms with E-state index >= 15 is 0 Å². The summed E-state index contributed by atoms with van der Waals surface area (Å²) in [5.41, 5.74) is 2.45. The van der Waals surface area contributed by atoms with Gasteiger partial charge in [-0.25, -0.2) is 4.98 Å². The highest BCUT2D eigenvalue weighted by molar-refractivity contribution is 5.36. The predicted octanol–water partition coefficient (Wildman–Crippen LogP) is 4.32. The van der Waals surface area contributed by atoms with Crippen LogP contribution in [0.15, 0.2) is 42.6 Å². The second kappa shape index (κ2) is 6.72. The van der Waals surface area contributed by atoms with E-state index in [0.717, 1.165) is 24.3 Å². The first-order valence-electron chi connectivity index (χ1n) is 7.43. The predicted molar refractivity (Wildman–Crippen MR) is 86.7 cm³/mol. The molecule has 3 nitrogen and oxygen atoms in total. The van der Waals surface area contributed by atoms with E-state index in [1.807, 2.05) is 30.5 Å². The zero-order valence-electron chi connectivity index (χ0n) is 13.3. The highest BCUT2D eigenvalue weighted by Crippen LogP contribution is 2.24. The van der Waals surface area contributed by atoms with E-state index < -0.39 is 0 Å². The maximum absolute atomic E-state index is 5.87. The number of hydrogen-bond donors (Lipinski definition) is 1. The zero-order valence-corrected chi connectivity index (χ0v) is 13.3. The van der Waals surface area contributed by atoms with E-state index in [9.17, 15) is 0 Å². The summed E-state index contributed by atoms with van der Waals surface area (Å²) in [6.45, 7) is 9.39. The largest absolute Gasteiger partial charge is 0.439 e. The molecular weight excluding hydrogens is 260 g/mol. The highest BCUT2D eigenvalue weighted by Gasteiger charge is 2.09. The number of aromatic nitrogens is 1. The zero-order chi connectivity index (χ0) is 15.3. The maximum atomic E-state index is 5.87. The SMILES string of the molecule is CCc1ccccc1Oc1ccc(CNC(C)(C)C)cn1. The van der Waals surface area contributed by atoms with Gasteiger partial charge in [-0.1, -0.05) is 31.2 Å². The number of rotatable bonds is 5. The summed E-state index contributed by atoms with van der Waals surface area (Å²) < 4.78 is 5.87. The Morgan fingerprint density at radius 2 is 1.86 bits per heavy atom. The lowest BCUT2D eigenvalue weighted by atomic mass is 10.1. The number of para-hydroxylation sites is 1. The molecule has 2 rings (SSSR count). The van der Waals surface area contributed by atoms with Crippen LogP contribution >= 0.6 is 0 Å². The van der Waals surface area contributed by atoms with E-state index in [1.165, 1.54) is 5.56 Å². The van der Waals surface area contributed by atoms with Gasteiger partial charge in [-0.05, 0) is 44.4 Å². The third-order valence-corrected chi connectivity index (χ3v) is 3.19. The minimum absolute atomic E-state index is 0.106. The van der Waals surface area contributed by atoms with Crippen LogP contribution in [0.1, 0.15) is 38.8 Å². The van der Waals surface area contributed by atoms with Crippen LogP contribution in [0, 0.1) is 0 Å². The summed E-state index contributed by atoms with van der Waals surface area (Å²) in [4.78, 5) is 4.39. The lowest BCUT2D eigenvalue weighted by molar-refractivity contribution is 0.422. The molecule has 0 spiro atoms. The number of nitrogens with zero attached hydrogens (tertiary/aromatic N) is 1. The van der Waals surface area contributed by atoms with E-state index in [1.54, 1.807) is 0 Å². The van der Waals surface area contributed by atoms with Crippen LogP contribution in [0.25, 0.3) is 0 Å². The third-order valence-electron chi connectivity index (χ3n) is 3.19. The molecule has 1 N–H and O–H groups in total. The summed E-state index contributed by atoms with van der Waals surface area (Å²) in [5.74, 6) is 1.52. The topological polar surface area (TPSA) is 34.1 Å². The van der Waals surface area contributed by atoms with Crippen molar-refractivity contribution in [1.29, 1.82) is 0 Å². The second-order valence-electron chi connectivity index (χ2n) is 6.17. The molecular formula is C18H24N2O. The van der Waals surface area contributed by atoms with Crippen LogP contribution in [0.2, 0.25) is 0 Å². The Kier molecular flexibility index (Phi) is 4.97. The molecule has 3 heteroatoms. The van der Waals surface area contributed by atoms with Crippen LogP contribution in [-0.4, -0.2) is 10.5 Å². The number of benzene rings is 1. The number of hydrogen-bond acceptors (Lipinski definition) is 3. The van der Waals surface area contributed by atoms with Crippen LogP contribution < -0.4 is 10.1 Å². The van der Waals surface area contributed by atoms with E-state index in [4.69, 9.17) is 4.74 Å². The van der Waals surface area contributed by atoms with Crippen molar-refractivity contribution in [3.8, 4) is 11.6 Å². The first-order valence-corrected chi connectivity index (χ1v) is 7.43. The van der Waals surface area contributed by atoms with E-state index in [0.29, 0.717) is 5.88 Å². The Hall–Kier alpha value is -1.87. The van der Waals surface area contributed by atoms with Crippen LogP contribution in [0.5, 0.6) is 11.6 Å². The fourth-order valence-electron chi connectivity index (χ4n) is 1.95. The van der Waals surface area contributed by atoms with E-state index in [-0.39, 0.29) is 5.54 Å². The molecule has 1 heterocycles. The quantitative estimate of drug-likeness (QED) is 0.887. The molecule has 1 aromatic heterocycles. The molecule has 21 heavy (non-hydrogen) atoms. The summed E-state index contributed by atoms with van der Waals surface area (Å²) in [6.07, 6.45) is 2.81. The van der Waals surface area contributed by atoms with Crippen molar-refractivity contribution in [2.45, 2.75) is 46.2 Å². The molecule has 0 unspecified atom stereocenters. The molecule has 0 fully saturated rings. The summed E-state index contributed by atoms with van der Waals surface area (Å²) in [7, 11) is 0. The molecule has 0 saturated heterocycles. The number of ether oxygens (including phenoxy) is 1. The maximum Gasteiger partial charge on any atom is 0.219 e. The average Bonchev–Trinajstić information content (AvgIpc) is 2.46. The van der Waals surface area contributed by atoms with Gasteiger partial charge >= 0.3 is 0 Å². The molecule has 2 aromatic rings. The monoisotopic (exact) mass is 284 g/mol. The standard InChI is InChI=1S/C18H24N2O/c1-5-15-8-6-7-9-16(15)21-17-11-10-14(12-19-17)13-20-18(2,3)4/h6-12,20H,5,13H2,1-4H3. The van der Waals surface area contributed by atoms with Gasteiger partial charge < -0.3 is 10.1 Å². The van der Waals surface area contributed by atoms with Crippen molar-refractivity contribution in [3.63, 3.8) is 0 Å². The molecule has 1 aromatic carbocycles. The van der Waals surface area contributed by atoms with Crippen LogP contribution in [0.3, 0.4) is 0 Å².